The van der Waals surface area contributed by atoms with E-state index in [0.29, 0.717) is 6.04 Å². The van der Waals surface area contributed by atoms with Crippen molar-refractivity contribution in [2.24, 2.45) is 5.92 Å². The first-order valence-corrected chi connectivity index (χ1v) is 8.90. The minimum atomic E-state index is 0.697. The fourth-order valence-electron chi connectivity index (χ4n) is 3.57. The second-order valence-corrected chi connectivity index (χ2v) is 7.59. The van der Waals surface area contributed by atoms with Crippen LogP contribution in [0.5, 0.6) is 0 Å². The lowest BCUT2D eigenvalue weighted by Gasteiger charge is -2.35. The van der Waals surface area contributed by atoms with Crippen molar-refractivity contribution in [2.75, 3.05) is 27.2 Å². The third-order valence-electron chi connectivity index (χ3n) is 4.71. The molecular weight excluding hydrogens is 276 g/mol. The summed E-state index contributed by atoms with van der Waals surface area (Å²) < 4.78 is 1.42. The number of fused-ring (bicyclic) bond motifs is 1. The number of thiophene rings is 1. The quantitative estimate of drug-likeness (QED) is 0.904. The van der Waals surface area contributed by atoms with Gasteiger partial charge in [-0.15, -0.1) is 11.3 Å². The van der Waals surface area contributed by atoms with Gasteiger partial charge in [-0.05, 0) is 76.3 Å². The highest BCUT2D eigenvalue weighted by Crippen LogP contribution is 2.28. The van der Waals surface area contributed by atoms with Crippen LogP contribution in [0.15, 0.2) is 30.3 Å². The molecule has 2 atom stereocenters. The lowest BCUT2D eigenvalue weighted by atomic mass is 9.88. The van der Waals surface area contributed by atoms with Crippen LogP contribution in [-0.2, 0) is 6.42 Å². The van der Waals surface area contributed by atoms with Gasteiger partial charge in [0, 0.05) is 15.6 Å². The van der Waals surface area contributed by atoms with Crippen molar-refractivity contribution >= 4 is 21.4 Å². The Labute approximate surface area is 132 Å². The summed E-state index contributed by atoms with van der Waals surface area (Å²) in [5, 5.41) is 4.97. The van der Waals surface area contributed by atoms with Crippen LogP contribution in [0.4, 0.5) is 0 Å². The topological polar surface area (TPSA) is 15.3 Å². The lowest BCUT2D eigenvalue weighted by molar-refractivity contribution is 0.170. The van der Waals surface area contributed by atoms with Gasteiger partial charge in [-0.3, -0.25) is 0 Å². The zero-order valence-corrected chi connectivity index (χ0v) is 14.0. The maximum absolute atomic E-state index is 3.57. The Bertz CT molecular complexity index is 536. The minimum absolute atomic E-state index is 0.697. The van der Waals surface area contributed by atoms with Crippen LogP contribution in [0.1, 0.15) is 24.1 Å². The predicted octanol–water partition coefficient (Wildman–Crippen LogP) is 3.76. The molecule has 2 aromatic rings. The number of rotatable bonds is 5. The Balaban J connectivity index is 1.65. The average Bonchev–Trinajstić information content (AvgIpc) is 2.91. The molecule has 0 bridgehead atoms. The summed E-state index contributed by atoms with van der Waals surface area (Å²) in [6.45, 7) is 2.39. The Kier molecular flexibility index (Phi) is 4.94. The van der Waals surface area contributed by atoms with Crippen LogP contribution in [0.3, 0.4) is 0 Å². The van der Waals surface area contributed by atoms with Gasteiger partial charge in [0.1, 0.15) is 0 Å². The molecule has 1 N–H and O–H groups in total. The number of piperidine rings is 1. The summed E-state index contributed by atoms with van der Waals surface area (Å²) >= 11 is 1.96. The van der Waals surface area contributed by atoms with E-state index < -0.39 is 0 Å². The van der Waals surface area contributed by atoms with Crippen molar-refractivity contribution in [3.8, 4) is 0 Å². The Hall–Kier alpha value is -0.900. The normalized spacial score (nSPS) is 21.0. The van der Waals surface area contributed by atoms with Crippen LogP contribution in [0.25, 0.3) is 10.1 Å². The first-order chi connectivity index (χ1) is 10.2. The van der Waals surface area contributed by atoms with E-state index in [1.807, 2.05) is 11.3 Å². The molecule has 2 nitrogen and oxygen atoms in total. The predicted molar refractivity (Wildman–Crippen MR) is 93.2 cm³/mol. The molecule has 0 spiro atoms. The summed E-state index contributed by atoms with van der Waals surface area (Å²) in [5.41, 5.74) is 0. The molecule has 114 valence electrons. The highest BCUT2D eigenvalue weighted by molar-refractivity contribution is 7.19. The van der Waals surface area contributed by atoms with Crippen molar-refractivity contribution in [1.29, 1.82) is 0 Å². The van der Waals surface area contributed by atoms with Gasteiger partial charge in [0.05, 0.1) is 0 Å². The van der Waals surface area contributed by atoms with Crippen molar-refractivity contribution in [1.82, 2.24) is 10.2 Å². The Morgan fingerprint density at radius 1 is 1.33 bits per heavy atom. The Morgan fingerprint density at radius 3 is 2.90 bits per heavy atom. The zero-order chi connectivity index (χ0) is 14.7. The van der Waals surface area contributed by atoms with Crippen LogP contribution in [-0.4, -0.2) is 38.1 Å². The SMILES string of the molecule is CN(C)C(CCc1cc2ccccc2s1)C1CCCNC1. The average molecular weight is 302 g/mol. The molecule has 21 heavy (non-hydrogen) atoms. The van der Waals surface area contributed by atoms with E-state index in [0.717, 1.165) is 5.92 Å². The van der Waals surface area contributed by atoms with E-state index >= 15 is 0 Å². The fraction of sp³-hybridized carbons (Fsp3) is 0.556. The van der Waals surface area contributed by atoms with E-state index in [9.17, 15) is 0 Å². The second kappa shape index (κ2) is 6.91. The molecule has 0 saturated carbocycles. The molecule has 1 aromatic heterocycles. The summed E-state index contributed by atoms with van der Waals surface area (Å²) in [4.78, 5) is 3.97. The molecule has 1 aliphatic rings. The lowest BCUT2D eigenvalue weighted by Crippen LogP contribution is -2.43. The van der Waals surface area contributed by atoms with Gasteiger partial charge in [0.15, 0.2) is 0 Å². The van der Waals surface area contributed by atoms with E-state index in [-0.39, 0.29) is 0 Å². The number of hydrogen-bond donors (Lipinski definition) is 1. The molecule has 0 aliphatic carbocycles. The molecular formula is C18H26N2S. The second-order valence-electron chi connectivity index (χ2n) is 6.43. The van der Waals surface area contributed by atoms with Crippen molar-refractivity contribution in [3.63, 3.8) is 0 Å². The van der Waals surface area contributed by atoms with Crippen LogP contribution in [0, 0.1) is 5.92 Å². The van der Waals surface area contributed by atoms with Gasteiger partial charge < -0.3 is 10.2 Å². The van der Waals surface area contributed by atoms with Gasteiger partial charge in [0.2, 0.25) is 0 Å². The summed E-state index contributed by atoms with van der Waals surface area (Å²) in [7, 11) is 4.48. The molecule has 3 rings (SSSR count). The molecule has 0 amide bonds. The van der Waals surface area contributed by atoms with Crippen LogP contribution in [0.2, 0.25) is 0 Å². The van der Waals surface area contributed by atoms with E-state index in [4.69, 9.17) is 0 Å². The van der Waals surface area contributed by atoms with Crippen molar-refractivity contribution in [3.05, 3.63) is 35.2 Å². The Morgan fingerprint density at radius 2 is 2.19 bits per heavy atom. The summed E-state index contributed by atoms with van der Waals surface area (Å²) in [5.74, 6) is 0.808. The molecule has 1 fully saturated rings. The molecule has 0 radical (unpaired) electrons. The van der Waals surface area contributed by atoms with Crippen molar-refractivity contribution in [2.45, 2.75) is 31.7 Å². The summed E-state index contributed by atoms with van der Waals surface area (Å²) in [6.07, 6.45) is 5.19. The third kappa shape index (κ3) is 3.65. The molecule has 1 aliphatic heterocycles. The van der Waals surface area contributed by atoms with Gasteiger partial charge >= 0.3 is 0 Å². The van der Waals surface area contributed by atoms with Gasteiger partial charge in [0.25, 0.3) is 0 Å². The highest BCUT2D eigenvalue weighted by Gasteiger charge is 2.25. The van der Waals surface area contributed by atoms with Gasteiger partial charge in [-0.1, -0.05) is 18.2 Å². The minimum Gasteiger partial charge on any atom is -0.316 e. The standard InChI is InChI=1S/C18H26N2S/c1-20(2)17(15-7-5-11-19-13-15)10-9-16-12-14-6-3-4-8-18(14)21-16/h3-4,6,8,12,15,17,19H,5,7,9-11,13H2,1-2H3. The number of hydrogen-bond acceptors (Lipinski definition) is 3. The number of nitrogens with zero attached hydrogens (tertiary/aromatic N) is 1. The van der Waals surface area contributed by atoms with Crippen molar-refractivity contribution < 1.29 is 0 Å². The smallest absolute Gasteiger partial charge is 0.0345 e. The maximum atomic E-state index is 3.57. The molecule has 3 heteroatoms. The zero-order valence-electron chi connectivity index (χ0n) is 13.1. The molecule has 1 aromatic carbocycles. The molecule has 2 unspecified atom stereocenters. The molecule has 1 saturated heterocycles. The highest BCUT2D eigenvalue weighted by atomic mass is 32.1. The third-order valence-corrected chi connectivity index (χ3v) is 5.88. The summed E-state index contributed by atoms with van der Waals surface area (Å²) in [6, 6.07) is 11.8. The first-order valence-electron chi connectivity index (χ1n) is 8.08. The first kappa shape index (κ1) is 15.0. The van der Waals surface area contributed by atoms with E-state index in [1.165, 1.54) is 53.7 Å². The van der Waals surface area contributed by atoms with Crippen LogP contribution >= 0.6 is 11.3 Å². The number of nitrogens with one attached hydrogen (secondary N) is 1. The monoisotopic (exact) mass is 302 g/mol. The van der Waals surface area contributed by atoms with E-state index in [2.05, 4.69) is 54.6 Å². The van der Waals surface area contributed by atoms with E-state index in [1.54, 1.807) is 0 Å². The number of aryl methyl sites for hydroxylation is 1. The van der Waals surface area contributed by atoms with Crippen LogP contribution < -0.4 is 5.32 Å². The van der Waals surface area contributed by atoms with Gasteiger partial charge in [-0.25, -0.2) is 0 Å². The van der Waals surface area contributed by atoms with Gasteiger partial charge in [-0.2, -0.15) is 0 Å². The maximum Gasteiger partial charge on any atom is 0.0345 e. The fourth-order valence-corrected chi connectivity index (χ4v) is 4.65. The number of benzene rings is 1. The molecule has 2 heterocycles. The largest absolute Gasteiger partial charge is 0.316 e.